The molecule has 20 heavy (non-hydrogen) atoms. The predicted molar refractivity (Wildman–Crippen MR) is 80.0 cm³/mol. The number of benzene rings is 1. The topological polar surface area (TPSA) is 37.3 Å². The zero-order valence-corrected chi connectivity index (χ0v) is 12.4. The molecule has 1 aromatic rings. The fourth-order valence-corrected chi connectivity index (χ4v) is 3.99. The Balaban J connectivity index is 1.99. The van der Waals surface area contributed by atoms with E-state index in [2.05, 4.69) is 26.8 Å². The molecule has 1 N–H and O–H groups in total. The molecular weight excluding hydrogens is 248 g/mol. The van der Waals surface area contributed by atoms with Crippen LogP contribution < -0.4 is 0 Å². The van der Waals surface area contributed by atoms with E-state index in [4.69, 9.17) is 5.11 Å². The van der Waals surface area contributed by atoms with Crippen LogP contribution >= 0.6 is 0 Å². The van der Waals surface area contributed by atoms with Crippen LogP contribution in [-0.4, -0.2) is 10.9 Å². The molecule has 0 radical (unpaired) electrons. The number of fused-ring (bicyclic) bond motifs is 2. The van der Waals surface area contributed by atoms with Crippen molar-refractivity contribution in [2.45, 2.75) is 40.2 Å². The highest BCUT2D eigenvalue weighted by Gasteiger charge is 2.63. The van der Waals surface area contributed by atoms with E-state index in [1.165, 1.54) is 0 Å². The molecule has 2 saturated carbocycles. The van der Waals surface area contributed by atoms with Gasteiger partial charge in [0.1, 0.15) is 0 Å². The molecule has 0 aliphatic heterocycles. The summed E-state index contributed by atoms with van der Waals surface area (Å²) in [6.07, 6.45) is 4.19. The molecule has 106 valence electrons. The van der Waals surface area contributed by atoms with Gasteiger partial charge in [-0.15, -0.1) is 0 Å². The van der Waals surface area contributed by atoms with Crippen LogP contribution in [0.3, 0.4) is 0 Å². The Kier molecular flexibility index (Phi) is 2.91. The van der Waals surface area contributed by atoms with Crippen molar-refractivity contribution in [3.05, 3.63) is 41.0 Å². The molecule has 2 bridgehead atoms. The summed E-state index contributed by atoms with van der Waals surface area (Å²) in [7, 11) is 0. The van der Waals surface area contributed by atoms with Crippen molar-refractivity contribution in [3.63, 3.8) is 0 Å². The maximum atomic E-state index is 12.7. The lowest BCUT2D eigenvalue weighted by Gasteiger charge is -2.31. The normalized spacial score (nSPS) is 33.1. The van der Waals surface area contributed by atoms with Crippen LogP contribution in [0.15, 0.2) is 29.8 Å². The average molecular weight is 270 g/mol. The van der Waals surface area contributed by atoms with Gasteiger partial charge in [0, 0.05) is 5.41 Å². The van der Waals surface area contributed by atoms with Gasteiger partial charge in [0.15, 0.2) is 5.78 Å². The Hall–Kier alpha value is -1.41. The second kappa shape index (κ2) is 4.29. The number of carbonyl (C=O) groups is 1. The van der Waals surface area contributed by atoms with E-state index in [9.17, 15) is 4.79 Å². The van der Waals surface area contributed by atoms with Crippen molar-refractivity contribution >= 4 is 11.9 Å². The van der Waals surface area contributed by atoms with Gasteiger partial charge in [0.05, 0.1) is 6.61 Å². The quantitative estimate of drug-likeness (QED) is 0.834. The maximum Gasteiger partial charge on any atom is 0.165 e. The van der Waals surface area contributed by atoms with E-state index in [0.717, 1.165) is 29.5 Å². The molecule has 2 unspecified atom stereocenters. The number of aliphatic hydroxyl groups excluding tert-OH is 1. The van der Waals surface area contributed by atoms with Gasteiger partial charge in [-0.2, -0.15) is 0 Å². The van der Waals surface area contributed by atoms with E-state index in [0.29, 0.717) is 11.7 Å². The minimum atomic E-state index is -0.186. The van der Waals surface area contributed by atoms with Crippen LogP contribution in [-0.2, 0) is 11.4 Å². The summed E-state index contributed by atoms with van der Waals surface area (Å²) in [5.41, 5.74) is 2.84. The second-order valence-corrected chi connectivity index (χ2v) is 6.97. The molecule has 2 fully saturated rings. The summed E-state index contributed by atoms with van der Waals surface area (Å²) in [4.78, 5) is 12.7. The maximum absolute atomic E-state index is 12.7. The molecule has 0 amide bonds. The fraction of sp³-hybridized carbons (Fsp3) is 0.500. The molecule has 2 atom stereocenters. The van der Waals surface area contributed by atoms with Gasteiger partial charge in [-0.25, -0.2) is 0 Å². The number of ketones is 1. The summed E-state index contributed by atoms with van der Waals surface area (Å²) in [6, 6.07) is 7.79. The molecule has 1 aromatic carbocycles. The summed E-state index contributed by atoms with van der Waals surface area (Å²) in [5.74, 6) is 0.725. The first kappa shape index (κ1) is 13.6. The average Bonchev–Trinajstić information content (AvgIpc) is 2.74. The summed E-state index contributed by atoms with van der Waals surface area (Å²) < 4.78 is 0. The molecular formula is C18H22O2. The van der Waals surface area contributed by atoms with Crippen molar-refractivity contribution in [3.8, 4) is 0 Å². The SMILES string of the molecule is CC12CCC(C(=Cc3ccc(CO)cc3)C1=O)C2(C)C. The fourth-order valence-electron chi connectivity index (χ4n) is 3.99. The number of carbonyl (C=O) groups excluding carboxylic acids is 1. The third-order valence-electron chi connectivity index (χ3n) is 5.85. The van der Waals surface area contributed by atoms with E-state index >= 15 is 0 Å². The molecule has 0 heterocycles. The van der Waals surface area contributed by atoms with Gasteiger partial charge < -0.3 is 5.11 Å². The van der Waals surface area contributed by atoms with Crippen molar-refractivity contribution in [1.82, 2.24) is 0 Å². The monoisotopic (exact) mass is 270 g/mol. The van der Waals surface area contributed by atoms with E-state index in [-0.39, 0.29) is 17.4 Å². The van der Waals surface area contributed by atoms with E-state index in [1.54, 1.807) is 0 Å². The van der Waals surface area contributed by atoms with Crippen molar-refractivity contribution < 1.29 is 9.90 Å². The minimum Gasteiger partial charge on any atom is -0.392 e. The van der Waals surface area contributed by atoms with Gasteiger partial charge in [0.25, 0.3) is 0 Å². The predicted octanol–water partition coefficient (Wildman–Crippen LogP) is 3.59. The zero-order chi connectivity index (χ0) is 14.5. The summed E-state index contributed by atoms with van der Waals surface area (Å²) in [5, 5.41) is 9.07. The third kappa shape index (κ3) is 1.64. The van der Waals surface area contributed by atoms with Crippen molar-refractivity contribution in [2.24, 2.45) is 16.7 Å². The summed E-state index contributed by atoms with van der Waals surface area (Å²) in [6.45, 7) is 6.66. The molecule has 3 rings (SSSR count). The van der Waals surface area contributed by atoms with Crippen LogP contribution in [0.1, 0.15) is 44.7 Å². The highest BCUT2D eigenvalue weighted by Crippen LogP contribution is 2.65. The third-order valence-corrected chi connectivity index (χ3v) is 5.85. The van der Waals surface area contributed by atoms with Gasteiger partial charge in [-0.05, 0) is 47.0 Å². The lowest BCUT2D eigenvalue weighted by Crippen LogP contribution is -2.32. The van der Waals surface area contributed by atoms with Gasteiger partial charge >= 0.3 is 0 Å². The standard InChI is InChI=1S/C18H22O2/c1-17(2)15-8-9-18(17,3)16(20)14(15)10-12-4-6-13(11-19)7-5-12/h4-7,10,15,19H,8-9,11H2,1-3H3. The molecule has 0 saturated heterocycles. The van der Waals surface area contributed by atoms with Crippen LogP contribution in [0.2, 0.25) is 0 Å². The number of Topliss-reactive ketones (excluding diaryl/α,β-unsaturated/α-hetero) is 1. The first-order valence-corrected chi connectivity index (χ1v) is 7.36. The summed E-state index contributed by atoms with van der Waals surface area (Å²) >= 11 is 0. The second-order valence-electron chi connectivity index (χ2n) is 6.97. The van der Waals surface area contributed by atoms with Crippen molar-refractivity contribution in [2.75, 3.05) is 0 Å². The molecule has 0 aromatic heterocycles. The largest absolute Gasteiger partial charge is 0.392 e. The molecule has 0 spiro atoms. The van der Waals surface area contributed by atoms with Crippen LogP contribution in [0, 0.1) is 16.7 Å². The van der Waals surface area contributed by atoms with E-state index in [1.807, 2.05) is 24.3 Å². The first-order valence-electron chi connectivity index (χ1n) is 7.36. The Morgan fingerprint density at radius 3 is 2.40 bits per heavy atom. The van der Waals surface area contributed by atoms with Gasteiger partial charge in [-0.3, -0.25) is 4.79 Å². The van der Waals surface area contributed by atoms with Crippen LogP contribution in [0.5, 0.6) is 0 Å². The smallest absolute Gasteiger partial charge is 0.165 e. The number of hydrogen-bond donors (Lipinski definition) is 1. The Bertz CT molecular complexity index is 580. The molecule has 2 heteroatoms. The van der Waals surface area contributed by atoms with Crippen LogP contribution in [0.25, 0.3) is 6.08 Å². The highest BCUT2D eigenvalue weighted by molar-refractivity contribution is 6.07. The lowest BCUT2D eigenvalue weighted by molar-refractivity contribution is -0.125. The first-order chi connectivity index (χ1) is 9.40. The van der Waals surface area contributed by atoms with Crippen LogP contribution in [0.4, 0.5) is 0 Å². The van der Waals surface area contributed by atoms with Crippen molar-refractivity contribution in [1.29, 1.82) is 0 Å². The zero-order valence-electron chi connectivity index (χ0n) is 12.4. The van der Waals surface area contributed by atoms with Gasteiger partial charge in [0.2, 0.25) is 0 Å². The number of rotatable bonds is 2. The Morgan fingerprint density at radius 2 is 1.90 bits per heavy atom. The highest BCUT2D eigenvalue weighted by atomic mass is 16.3. The lowest BCUT2D eigenvalue weighted by atomic mass is 9.70. The Morgan fingerprint density at radius 1 is 1.25 bits per heavy atom. The van der Waals surface area contributed by atoms with Gasteiger partial charge in [-0.1, -0.05) is 45.0 Å². The Labute approximate surface area is 120 Å². The number of hydrogen-bond acceptors (Lipinski definition) is 2. The number of aliphatic hydroxyl groups is 1. The van der Waals surface area contributed by atoms with E-state index < -0.39 is 0 Å². The minimum absolute atomic E-state index is 0.0590. The molecule has 2 aliphatic rings. The molecule has 2 nitrogen and oxygen atoms in total. The molecule has 2 aliphatic carbocycles. The number of allylic oxidation sites excluding steroid dienone is 1.